The Bertz CT molecular complexity index is 1160. The molecule has 0 unspecified atom stereocenters. The van der Waals surface area contributed by atoms with Crippen LogP contribution in [0.15, 0.2) is 48.7 Å². The number of nitrogens with one attached hydrogen (secondary N) is 2. The lowest BCUT2D eigenvalue weighted by Crippen LogP contribution is -2.49. The summed E-state index contributed by atoms with van der Waals surface area (Å²) >= 11 is 1.77. The summed E-state index contributed by atoms with van der Waals surface area (Å²) in [6, 6.07) is 13.9. The Morgan fingerprint density at radius 2 is 1.89 bits per heavy atom. The number of hydrogen-bond donors (Lipinski definition) is 3. The molecule has 3 N–H and O–H groups in total. The standard InChI is InChI=1S/C28H38N4O2S/c1-18(2)23-17-32-11-12-35-31(5)25-15-21(14-22(23)27(25)32)28(34)30-24(26(33)16-29-19(3)4)13-20-9-7-6-8-10-20/h6-10,14-15,17-19,24,26,29,33H,11-13,16H2,1-5H3,(H,30,34)/t24-,26+/m0/s1. The lowest BCUT2D eigenvalue weighted by molar-refractivity contribution is 0.0827. The Morgan fingerprint density at radius 3 is 2.57 bits per heavy atom. The second-order valence-electron chi connectivity index (χ2n) is 10.1. The molecule has 1 amide bonds. The lowest BCUT2D eigenvalue weighted by atomic mass is 9.98. The predicted molar refractivity (Wildman–Crippen MR) is 147 cm³/mol. The van der Waals surface area contributed by atoms with Gasteiger partial charge in [-0.3, -0.25) is 4.79 Å². The van der Waals surface area contributed by atoms with Gasteiger partial charge in [0.1, 0.15) is 0 Å². The van der Waals surface area contributed by atoms with Crippen LogP contribution in [0.1, 0.15) is 55.1 Å². The van der Waals surface area contributed by atoms with Gasteiger partial charge in [0.05, 0.1) is 23.3 Å². The van der Waals surface area contributed by atoms with Gasteiger partial charge in [-0.15, -0.1) is 0 Å². The van der Waals surface area contributed by atoms with Gasteiger partial charge in [0, 0.05) is 49.1 Å². The quantitative estimate of drug-likeness (QED) is 0.381. The van der Waals surface area contributed by atoms with Gasteiger partial charge in [-0.05, 0) is 47.5 Å². The minimum absolute atomic E-state index is 0.155. The minimum Gasteiger partial charge on any atom is -0.390 e. The van der Waals surface area contributed by atoms with Crippen molar-refractivity contribution < 1.29 is 9.90 Å². The van der Waals surface area contributed by atoms with E-state index in [1.165, 1.54) is 11.1 Å². The molecule has 188 valence electrons. The van der Waals surface area contributed by atoms with Gasteiger partial charge in [-0.1, -0.05) is 58.0 Å². The third kappa shape index (κ3) is 5.85. The zero-order chi connectivity index (χ0) is 25.1. The van der Waals surface area contributed by atoms with Crippen LogP contribution in [0.2, 0.25) is 0 Å². The van der Waals surface area contributed by atoms with E-state index in [0.717, 1.165) is 28.9 Å². The zero-order valence-electron chi connectivity index (χ0n) is 21.4. The van der Waals surface area contributed by atoms with Crippen LogP contribution in [0.25, 0.3) is 10.9 Å². The fraction of sp³-hybridized carbons (Fsp3) is 0.464. The van der Waals surface area contributed by atoms with Gasteiger partial charge < -0.3 is 24.6 Å². The second-order valence-corrected chi connectivity index (χ2v) is 11.3. The van der Waals surface area contributed by atoms with Crippen molar-refractivity contribution in [1.29, 1.82) is 0 Å². The molecule has 0 bridgehead atoms. The van der Waals surface area contributed by atoms with Crippen molar-refractivity contribution in [3.8, 4) is 0 Å². The third-order valence-corrected chi connectivity index (χ3v) is 7.59. The number of anilines is 1. The van der Waals surface area contributed by atoms with E-state index in [1.807, 2.05) is 56.3 Å². The summed E-state index contributed by atoms with van der Waals surface area (Å²) in [5, 5.41) is 18.6. The monoisotopic (exact) mass is 494 g/mol. The van der Waals surface area contributed by atoms with Gasteiger partial charge in [0.25, 0.3) is 5.91 Å². The molecule has 0 fully saturated rings. The van der Waals surface area contributed by atoms with E-state index in [0.29, 0.717) is 24.4 Å². The molecule has 1 aliphatic rings. The highest BCUT2D eigenvalue weighted by molar-refractivity contribution is 8.00. The largest absolute Gasteiger partial charge is 0.390 e. The summed E-state index contributed by atoms with van der Waals surface area (Å²) in [5.41, 5.74) is 5.23. The molecule has 6 nitrogen and oxygen atoms in total. The first-order valence-electron chi connectivity index (χ1n) is 12.5. The zero-order valence-corrected chi connectivity index (χ0v) is 22.2. The smallest absolute Gasteiger partial charge is 0.251 e. The van der Waals surface area contributed by atoms with Gasteiger partial charge in [-0.25, -0.2) is 0 Å². The maximum atomic E-state index is 13.6. The molecule has 1 aromatic heterocycles. The van der Waals surface area contributed by atoms with Gasteiger partial charge in [0.2, 0.25) is 0 Å². The number of carbonyl (C=O) groups is 1. The van der Waals surface area contributed by atoms with Gasteiger partial charge >= 0.3 is 0 Å². The van der Waals surface area contributed by atoms with Crippen molar-refractivity contribution in [3.05, 3.63) is 65.4 Å². The fourth-order valence-corrected chi connectivity index (χ4v) is 5.53. The summed E-state index contributed by atoms with van der Waals surface area (Å²) < 4.78 is 4.51. The summed E-state index contributed by atoms with van der Waals surface area (Å²) in [5.74, 6) is 1.19. The molecule has 4 rings (SSSR count). The first-order chi connectivity index (χ1) is 16.7. The number of nitrogens with zero attached hydrogens (tertiary/aromatic N) is 2. The third-order valence-electron chi connectivity index (χ3n) is 6.64. The number of aryl methyl sites for hydroxylation is 1. The molecule has 0 saturated carbocycles. The number of benzene rings is 2. The van der Waals surface area contributed by atoms with E-state index in [4.69, 9.17) is 0 Å². The van der Waals surface area contributed by atoms with E-state index in [-0.39, 0.29) is 11.9 Å². The van der Waals surface area contributed by atoms with Crippen LogP contribution in [0.3, 0.4) is 0 Å². The number of aliphatic hydroxyl groups is 1. The molecule has 0 radical (unpaired) electrons. The van der Waals surface area contributed by atoms with E-state index in [9.17, 15) is 9.90 Å². The highest BCUT2D eigenvalue weighted by atomic mass is 32.2. The van der Waals surface area contributed by atoms with Crippen molar-refractivity contribution in [2.75, 3.05) is 23.7 Å². The number of carbonyl (C=O) groups excluding carboxylic acids is 1. The average Bonchev–Trinajstić information content (AvgIpc) is 3.12. The van der Waals surface area contributed by atoms with Crippen LogP contribution in [-0.4, -0.2) is 53.1 Å². The Labute approximate surface area is 213 Å². The fourth-order valence-electron chi connectivity index (χ4n) is 4.70. The summed E-state index contributed by atoms with van der Waals surface area (Å²) in [7, 11) is 2.07. The van der Waals surface area contributed by atoms with E-state index in [1.54, 1.807) is 11.9 Å². The van der Waals surface area contributed by atoms with Crippen LogP contribution in [0.4, 0.5) is 5.69 Å². The molecule has 7 heteroatoms. The first-order valence-corrected chi connectivity index (χ1v) is 13.5. The Balaban J connectivity index is 1.67. The molecular formula is C28H38N4O2S. The van der Waals surface area contributed by atoms with Crippen molar-refractivity contribution >= 4 is 34.4 Å². The van der Waals surface area contributed by atoms with Crippen molar-refractivity contribution in [2.45, 2.75) is 64.8 Å². The van der Waals surface area contributed by atoms with Crippen LogP contribution < -0.4 is 14.9 Å². The number of aliphatic hydroxyl groups excluding tert-OH is 1. The molecule has 2 atom stereocenters. The summed E-state index contributed by atoms with van der Waals surface area (Å²) in [6.45, 7) is 9.86. The second kappa shape index (κ2) is 11.1. The number of rotatable bonds is 9. The maximum Gasteiger partial charge on any atom is 0.251 e. The Kier molecular flexibility index (Phi) is 8.09. The van der Waals surface area contributed by atoms with E-state index >= 15 is 0 Å². The summed E-state index contributed by atoms with van der Waals surface area (Å²) in [6.07, 6.45) is 2.10. The molecule has 3 aromatic rings. The molecule has 35 heavy (non-hydrogen) atoms. The number of aromatic nitrogens is 1. The van der Waals surface area contributed by atoms with Crippen LogP contribution in [-0.2, 0) is 13.0 Å². The first kappa shape index (κ1) is 25.6. The van der Waals surface area contributed by atoms with Crippen LogP contribution >= 0.6 is 11.9 Å². The van der Waals surface area contributed by atoms with Crippen molar-refractivity contribution in [2.24, 2.45) is 0 Å². The maximum absolute atomic E-state index is 13.6. The molecule has 0 aliphatic carbocycles. The molecule has 0 spiro atoms. The average molecular weight is 495 g/mol. The Hall–Kier alpha value is -2.48. The molecule has 1 aliphatic heterocycles. The van der Waals surface area contributed by atoms with Gasteiger partial charge in [-0.2, -0.15) is 0 Å². The van der Waals surface area contributed by atoms with E-state index < -0.39 is 12.1 Å². The Morgan fingerprint density at radius 1 is 1.14 bits per heavy atom. The minimum atomic E-state index is -0.711. The number of amides is 1. The molecule has 2 aromatic carbocycles. The molecular weight excluding hydrogens is 456 g/mol. The topological polar surface area (TPSA) is 69.5 Å². The number of hydrogen-bond acceptors (Lipinski definition) is 5. The van der Waals surface area contributed by atoms with Crippen molar-refractivity contribution in [1.82, 2.24) is 15.2 Å². The van der Waals surface area contributed by atoms with Gasteiger partial charge in [0.15, 0.2) is 0 Å². The lowest BCUT2D eigenvalue weighted by Gasteiger charge is -2.26. The highest BCUT2D eigenvalue weighted by Gasteiger charge is 2.26. The van der Waals surface area contributed by atoms with E-state index in [2.05, 4.69) is 46.6 Å². The van der Waals surface area contributed by atoms with Crippen LogP contribution in [0.5, 0.6) is 0 Å². The molecule has 2 heterocycles. The predicted octanol–water partition coefficient (Wildman–Crippen LogP) is 4.56. The SMILES string of the molecule is CC(C)NC[C@@H](O)[C@H](Cc1ccccc1)NC(=O)c1cc2c3c(c1)c(C(C)C)cn3CCSN2C. The highest BCUT2D eigenvalue weighted by Crippen LogP contribution is 2.39. The van der Waals surface area contributed by atoms with Crippen molar-refractivity contribution in [3.63, 3.8) is 0 Å². The summed E-state index contributed by atoms with van der Waals surface area (Å²) in [4.78, 5) is 13.6. The molecule has 0 saturated heterocycles. The van der Waals surface area contributed by atoms with Crippen LogP contribution in [0, 0.1) is 0 Å². The normalized spacial score (nSPS) is 15.5.